The smallest absolute Gasteiger partial charge is 0.221 e. The molecule has 0 saturated carbocycles. The van der Waals surface area contributed by atoms with Gasteiger partial charge in [0.25, 0.3) is 0 Å². The molecule has 0 aliphatic heterocycles. The van der Waals surface area contributed by atoms with Gasteiger partial charge in [0, 0.05) is 26.2 Å². The van der Waals surface area contributed by atoms with E-state index in [4.69, 9.17) is 0 Å². The molecule has 0 aliphatic rings. The highest BCUT2D eigenvalue weighted by atomic mass is 16.1. The second-order valence-electron chi connectivity index (χ2n) is 2.64. The van der Waals surface area contributed by atoms with Crippen LogP contribution in [0.3, 0.4) is 0 Å². The van der Waals surface area contributed by atoms with Crippen LogP contribution in [-0.4, -0.2) is 22.7 Å². The van der Waals surface area contributed by atoms with Crippen LogP contribution in [0, 0.1) is 6.92 Å². The number of nitrogens with one attached hydrogen (secondary N) is 1. The normalized spacial score (nSPS) is 9.83. The molecule has 0 aliphatic carbocycles. The van der Waals surface area contributed by atoms with Gasteiger partial charge in [-0.25, -0.2) is 0 Å². The van der Waals surface area contributed by atoms with Gasteiger partial charge in [-0.05, 0) is 13.0 Å². The molecule has 1 heterocycles. The van der Waals surface area contributed by atoms with Crippen molar-refractivity contribution in [2.75, 3.05) is 7.05 Å². The maximum absolute atomic E-state index is 10.8. The molecule has 0 bridgehead atoms. The van der Waals surface area contributed by atoms with Crippen molar-refractivity contribution in [1.82, 2.24) is 15.1 Å². The van der Waals surface area contributed by atoms with Crippen LogP contribution in [0.4, 0.5) is 0 Å². The lowest BCUT2D eigenvalue weighted by Gasteiger charge is -1.99. The molecule has 0 spiro atoms. The zero-order valence-electron chi connectivity index (χ0n) is 7.37. The predicted octanol–water partition coefficient (Wildman–Crippen LogP) is 0.328. The lowest BCUT2D eigenvalue weighted by molar-refractivity contribution is -0.120. The fraction of sp³-hybridized carbons (Fsp3) is 0.500. The summed E-state index contributed by atoms with van der Waals surface area (Å²) < 4.78 is 1.77. The Kier molecular flexibility index (Phi) is 2.85. The molecule has 1 rings (SSSR count). The molecular formula is C8H13N3O. The van der Waals surface area contributed by atoms with Gasteiger partial charge >= 0.3 is 0 Å². The molecule has 0 saturated heterocycles. The van der Waals surface area contributed by atoms with Crippen LogP contribution in [0.1, 0.15) is 12.1 Å². The highest BCUT2D eigenvalue weighted by Gasteiger charge is 1.98. The fourth-order valence-corrected chi connectivity index (χ4v) is 0.929. The summed E-state index contributed by atoms with van der Waals surface area (Å²) >= 11 is 0. The molecule has 1 aromatic rings. The topological polar surface area (TPSA) is 46.9 Å². The van der Waals surface area contributed by atoms with Gasteiger partial charge < -0.3 is 5.32 Å². The van der Waals surface area contributed by atoms with Crippen LogP contribution in [-0.2, 0) is 11.3 Å². The Balaban J connectivity index is 2.38. The van der Waals surface area contributed by atoms with E-state index in [0.717, 1.165) is 5.69 Å². The summed E-state index contributed by atoms with van der Waals surface area (Å²) in [6, 6.07) is 1.92. The Bertz CT molecular complexity index is 267. The SMILES string of the molecule is CNC(=O)CCn1ccc(C)n1. The third kappa shape index (κ3) is 2.38. The lowest BCUT2D eigenvalue weighted by atomic mass is 10.4. The van der Waals surface area contributed by atoms with E-state index in [9.17, 15) is 4.79 Å². The summed E-state index contributed by atoms with van der Waals surface area (Å²) in [5.41, 5.74) is 0.979. The maximum Gasteiger partial charge on any atom is 0.221 e. The number of amides is 1. The second-order valence-corrected chi connectivity index (χ2v) is 2.64. The minimum Gasteiger partial charge on any atom is -0.359 e. The molecular weight excluding hydrogens is 154 g/mol. The first-order chi connectivity index (χ1) is 5.72. The van der Waals surface area contributed by atoms with E-state index < -0.39 is 0 Å². The minimum absolute atomic E-state index is 0.0446. The van der Waals surface area contributed by atoms with Crippen LogP contribution in [0.2, 0.25) is 0 Å². The maximum atomic E-state index is 10.8. The van der Waals surface area contributed by atoms with Gasteiger partial charge in [-0.2, -0.15) is 5.10 Å². The first-order valence-electron chi connectivity index (χ1n) is 3.93. The third-order valence-corrected chi connectivity index (χ3v) is 1.62. The van der Waals surface area contributed by atoms with Crippen LogP contribution < -0.4 is 5.32 Å². The number of carbonyl (C=O) groups is 1. The Morgan fingerprint density at radius 2 is 2.50 bits per heavy atom. The van der Waals surface area contributed by atoms with E-state index in [1.807, 2.05) is 19.2 Å². The lowest BCUT2D eigenvalue weighted by Crippen LogP contribution is -2.19. The summed E-state index contributed by atoms with van der Waals surface area (Å²) in [6.45, 7) is 2.57. The molecule has 1 aromatic heterocycles. The van der Waals surface area contributed by atoms with Crippen LogP contribution in [0.5, 0.6) is 0 Å². The van der Waals surface area contributed by atoms with E-state index in [2.05, 4.69) is 10.4 Å². The number of aryl methyl sites for hydroxylation is 2. The highest BCUT2D eigenvalue weighted by Crippen LogP contribution is 1.94. The molecule has 0 aromatic carbocycles. The quantitative estimate of drug-likeness (QED) is 0.705. The molecule has 1 amide bonds. The molecule has 0 fully saturated rings. The Labute approximate surface area is 71.6 Å². The van der Waals surface area contributed by atoms with Gasteiger partial charge in [-0.1, -0.05) is 0 Å². The number of hydrogen-bond acceptors (Lipinski definition) is 2. The molecule has 0 atom stereocenters. The van der Waals surface area contributed by atoms with Crippen molar-refractivity contribution in [1.29, 1.82) is 0 Å². The zero-order valence-corrected chi connectivity index (χ0v) is 7.37. The molecule has 66 valence electrons. The molecule has 1 N–H and O–H groups in total. The molecule has 4 heteroatoms. The van der Waals surface area contributed by atoms with E-state index in [-0.39, 0.29) is 5.91 Å². The Morgan fingerprint density at radius 3 is 3.00 bits per heavy atom. The average Bonchev–Trinajstić information content (AvgIpc) is 2.47. The van der Waals surface area contributed by atoms with Crippen molar-refractivity contribution < 1.29 is 4.79 Å². The summed E-state index contributed by atoms with van der Waals surface area (Å²) in [5, 5.41) is 6.72. The van der Waals surface area contributed by atoms with Crippen molar-refractivity contribution in [3.05, 3.63) is 18.0 Å². The van der Waals surface area contributed by atoms with Crippen molar-refractivity contribution >= 4 is 5.91 Å². The molecule has 0 unspecified atom stereocenters. The van der Waals surface area contributed by atoms with Crippen LogP contribution >= 0.6 is 0 Å². The third-order valence-electron chi connectivity index (χ3n) is 1.62. The van der Waals surface area contributed by atoms with Gasteiger partial charge in [0.2, 0.25) is 5.91 Å². The second kappa shape index (κ2) is 3.90. The van der Waals surface area contributed by atoms with Gasteiger partial charge in [-0.15, -0.1) is 0 Å². The number of hydrogen-bond donors (Lipinski definition) is 1. The van der Waals surface area contributed by atoms with Crippen molar-refractivity contribution in [3.63, 3.8) is 0 Å². The first-order valence-corrected chi connectivity index (χ1v) is 3.93. The summed E-state index contributed by atoms with van der Waals surface area (Å²) in [7, 11) is 1.64. The summed E-state index contributed by atoms with van der Waals surface area (Å²) in [4.78, 5) is 10.8. The molecule has 0 radical (unpaired) electrons. The van der Waals surface area contributed by atoms with E-state index in [1.165, 1.54) is 0 Å². The first kappa shape index (κ1) is 8.77. The Hall–Kier alpha value is -1.32. The highest BCUT2D eigenvalue weighted by molar-refractivity contribution is 5.75. The number of carbonyl (C=O) groups excluding carboxylic acids is 1. The van der Waals surface area contributed by atoms with Gasteiger partial charge in [0.1, 0.15) is 0 Å². The minimum atomic E-state index is 0.0446. The van der Waals surface area contributed by atoms with E-state index in [1.54, 1.807) is 11.7 Å². The van der Waals surface area contributed by atoms with Gasteiger partial charge in [0.05, 0.1) is 5.69 Å². The average molecular weight is 167 g/mol. The zero-order chi connectivity index (χ0) is 8.97. The monoisotopic (exact) mass is 167 g/mol. The standard InChI is InChI=1S/C8H13N3O/c1-7-3-5-11(10-7)6-4-8(12)9-2/h3,5H,4,6H2,1-2H3,(H,9,12). The van der Waals surface area contributed by atoms with Gasteiger partial charge in [-0.3, -0.25) is 9.48 Å². The summed E-state index contributed by atoms with van der Waals surface area (Å²) in [5.74, 6) is 0.0446. The van der Waals surface area contributed by atoms with Gasteiger partial charge in [0.15, 0.2) is 0 Å². The van der Waals surface area contributed by atoms with Crippen LogP contribution in [0.15, 0.2) is 12.3 Å². The van der Waals surface area contributed by atoms with Crippen molar-refractivity contribution in [2.45, 2.75) is 19.9 Å². The predicted molar refractivity (Wildman–Crippen MR) is 45.6 cm³/mol. The Morgan fingerprint density at radius 1 is 1.75 bits per heavy atom. The number of nitrogens with zero attached hydrogens (tertiary/aromatic N) is 2. The van der Waals surface area contributed by atoms with Crippen molar-refractivity contribution in [2.24, 2.45) is 0 Å². The summed E-state index contributed by atoms with van der Waals surface area (Å²) in [6.07, 6.45) is 2.36. The van der Waals surface area contributed by atoms with E-state index in [0.29, 0.717) is 13.0 Å². The number of aromatic nitrogens is 2. The molecule has 4 nitrogen and oxygen atoms in total. The van der Waals surface area contributed by atoms with Crippen LogP contribution in [0.25, 0.3) is 0 Å². The van der Waals surface area contributed by atoms with E-state index >= 15 is 0 Å². The molecule has 12 heavy (non-hydrogen) atoms. The fourth-order valence-electron chi connectivity index (χ4n) is 0.929. The van der Waals surface area contributed by atoms with Crippen molar-refractivity contribution in [3.8, 4) is 0 Å². The number of rotatable bonds is 3. The largest absolute Gasteiger partial charge is 0.359 e.